The summed E-state index contributed by atoms with van der Waals surface area (Å²) in [4.78, 5) is 24.6. The molecule has 4 aromatic rings. The molecule has 0 saturated heterocycles. The predicted octanol–water partition coefficient (Wildman–Crippen LogP) is 7.97. The van der Waals surface area contributed by atoms with Crippen molar-refractivity contribution in [1.29, 1.82) is 0 Å². The first-order valence-corrected chi connectivity index (χ1v) is 13.8. The summed E-state index contributed by atoms with van der Waals surface area (Å²) in [5, 5.41) is 0. The summed E-state index contributed by atoms with van der Waals surface area (Å²) in [6, 6.07) is 27.0. The Bertz CT molecular complexity index is 1700. The van der Waals surface area contributed by atoms with Gasteiger partial charge in [-0.05, 0) is 97.8 Å². The SMILES string of the molecule is CC(C)=COC(=O)Oc1ccc(C2(c3ccc(OC(=O)OC(C)(C)C)c(N)c3)c3ccccc3-c3ccccc32)cc1N. The zero-order valence-corrected chi connectivity index (χ0v) is 24.8. The molecule has 0 aromatic heterocycles. The molecule has 0 saturated carbocycles. The molecule has 4 aromatic carbocycles. The number of nitrogen functional groups attached to an aromatic ring is 2. The normalized spacial score (nSPS) is 12.9. The lowest BCUT2D eigenvalue weighted by molar-refractivity contribution is 0.0207. The number of carbonyl (C=O) groups excluding carboxylic acids is 2. The summed E-state index contributed by atoms with van der Waals surface area (Å²) in [7, 11) is 0. The van der Waals surface area contributed by atoms with Crippen molar-refractivity contribution in [3.63, 3.8) is 0 Å². The Balaban J connectivity index is 1.65. The zero-order valence-electron chi connectivity index (χ0n) is 24.8. The van der Waals surface area contributed by atoms with Gasteiger partial charge in [0.1, 0.15) is 5.60 Å². The van der Waals surface area contributed by atoms with E-state index in [0.717, 1.165) is 39.0 Å². The van der Waals surface area contributed by atoms with Gasteiger partial charge in [-0.15, -0.1) is 0 Å². The number of benzene rings is 4. The van der Waals surface area contributed by atoms with E-state index in [0.29, 0.717) is 0 Å². The van der Waals surface area contributed by atoms with E-state index in [1.165, 1.54) is 6.26 Å². The minimum absolute atomic E-state index is 0.172. The van der Waals surface area contributed by atoms with Gasteiger partial charge in [-0.1, -0.05) is 60.7 Å². The molecule has 8 nitrogen and oxygen atoms in total. The first-order valence-electron chi connectivity index (χ1n) is 13.8. The molecule has 0 atom stereocenters. The Hall–Kier alpha value is -5.24. The van der Waals surface area contributed by atoms with E-state index in [4.69, 9.17) is 30.4 Å². The van der Waals surface area contributed by atoms with Crippen molar-refractivity contribution >= 4 is 23.7 Å². The maximum absolute atomic E-state index is 12.4. The summed E-state index contributed by atoms with van der Waals surface area (Å²) in [5.41, 5.74) is 18.6. The molecule has 0 bridgehead atoms. The predicted molar refractivity (Wildman–Crippen MR) is 166 cm³/mol. The monoisotopic (exact) mass is 578 g/mol. The van der Waals surface area contributed by atoms with Crippen molar-refractivity contribution in [2.45, 2.75) is 45.6 Å². The molecule has 5 rings (SSSR count). The Morgan fingerprint density at radius 3 is 1.60 bits per heavy atom. The minimum Gasteiger partial charge on any atom is -0.428 e. The van der Waals surface area contributed by atoms with E-state index in [1.54, 1.807) is 58.9 Å². The lowest BCUT2D eigenvalue weighted by Crippen LogP contribution is -2.29. The molecule has 0 aliphatic heterocycles. The maximum Gasteiger partial charge on any atom is 0.518 e. The Morgan fingerprint density at radius 1 is 0.698 bits per heavy atom. The zero-order chi connectivity index (χ0) is 30.9. The molecule has 0 radical (unpaired) electrons. The number of anilines is 2. The maximum atomic E-state index is 12.4. The van der Waals surface area contributed by atoms with Gasteiger partial charge in [-0.3, -0.25) is 0 Å². The third-order valence-corrected chi connectivity index (χ3v) is 7.00. The van der Waals surface area contributed by atoms with Crippen LogP contribution in [0.2, 0.25) is 0 Å². The molecule has 4 N–H and O–H groups in total. The van der Waals surface area contributed by atoms with E-state index < -0.39 is 23.3 Å². The quantitative estimate of drug-likeness (QED) is 0.0931. The van der Waals surface area contributed by atoms with Crippen LogP contribution in [-0.4, -0.2) is 17.9 Å². The van der Waals surface area contributed by atoms with Crippen molar-refractivity contribution in [3.8, 4) is 22.6 Å². The summed E-state index contributed by atoms with van der Waals surface area (Å²) < 4.78 is 21.2. The number of carbonyl (C=O) groups is 2. The fourth-order valence-corrected chi connectivity index (χ4v) is 5.41. The van der Waals surface area contributed by atoms with Gasteiger partial charge in [0, 0.05) is 0 Å². The minimum atomic E-state index is -0.889. The van der Waals surface area contributed by atoms with Crippen molar-refractivity contribution < 1.29 is 28.5 Å². The van der Waals surface area contributed by atoms with Gasteiger partial charge in [0.2, 0.25) is 0 Å². The fourth-order valence-electron chi connectivity index (χ4n) is 5.41. The third kappa shape index (κ3) is 5.64. The van der Waals surface area contributed by atoms with E-state index >= 15 is 0 Å². The Kier molecular flexibility index (Phi) is 7.63. The molecular formula is C35H34N2O6. The second-order valence-electron chi connectivity index (χ2n) is 11.6. The Labute approximate surface area is 250 Å². The molecule has 8 heteroatoms. The van der Waals surface area contributed by atoms with Gasteiger partial charge in [-0.25, -0.2) is 9.59 Å². The second-order valence-corrected chi connectivity index (χ2v) is 11.6. The molecule has 1 aliphatic rings. The molecule has 1 aliphatic carbocycles. The standard InChI is InChI=1S/C35H34N2O6/c1-21(2)20-40-32(38)41-30-16-14-22(18-28(30)36)35(26-12-8-6-10-24(26)25-11-7-9-13-27(25)35)23-15-17-31(29(37)19-23)42-33(39)43-34(3,4)5/h6-20H,36-37H2,1-5H3. The summed E-state index contributed by atoms with van der Waals surface area (Å²) >= 11 is 0. The number of rotatable bonds is 5. The molecule has 220 valence electrons. The summed E-state index contributed by atoms with van der Waals surface area (Å²) in [6.45, 7) is 8.88. The molecule has 0 heterocycles. The average Bonchev–Trinajstić information content (AvgIpc) is 3.24. The van der Waals surface area contributed by atoms with Crippen molar-refractivity contribution in [2.24, 2.45) is 0 Å². The van der Waals surface area contributed by atoms with Crippen LogP contribution in [-0.2, 0) is 14.9 Å². The van der Waals surface area contributed by atoms with Crippen LogP contribution < -0.4 is 20.9 Å². The number of hydrogen-bond donors (Lipinski definition) is 2. The first-order chi connectivity index (χ1) is 20.4. The van der Waals surface area contributed by atoms with Crippen molar-refractivity contribution in [1.82, 2.24) is 0 Å². The van der Waals surface area contributed by atoms with Gasteiger partial charge < -0.3 is 30.4 Å². The largest absolute Gasteiger partial charge is 0.518 e. The first kappa shape index (κ1) is 29.3. The molecule has 0 fully saturated rings. The van der Waals surface area contributed by atoms with Crippen LogP contribution in [0.1, 0.15) is 56.9 Å². The number of nitrogens with two attached hydrogens (primary N) is 2. The van der Waals surface area contributed by atoms with E-state index in [9.17, 15) is 9.59 Å². The van der Waals surface area contributed by atoms with E-state index in [2.05, 4.69) is 24.3 Å². The topological polar surface area (TPSA) is 123 Å². The number of hydrogen-bond acceptors (Lipinski definition) is 8. The van der Waals surface area contributed by atoms with E-state index in [1.807, 2.05) is 36.4 Å². The molecule has 43 heavy (non-hydrogen) atoms. The molecule has 0 spiro atoms. The van der Waals surface area contributed by atoms with Crippen LogP contribution >= 0.6 is 0 Å². The highest BCUT2D eigenvalue weighted by molar-refractivity contribution is 5.87. The van der Waals surface area contributed by atoms with Crippen LogP contribution in [0.3, 0.4) is 0 Å². The van der Waals surface area contributed by atoms with Crippen molar-refractivity contribution in [2.75, 3.05) is 11.5 Å². The fraction of sp³-hybridized carbons (Fsp3) is 0.200. The van der Waals surface area contributed by atoms with Gasteiger partial charge in [0.15, 0.2) is 11.5 Å². The van der Waals surface area contributed by atoms with Crippen LogP contribution in [0, 0.1) is 0 Å². The number of ether oxygens (including phenoxy) is 4. The van der Waals surface area contributed by atoms with Gasteiger partial charge in [0.05, 0.1) is 23.1 Å². The lowest BCUT2D eigenvalue weighted by atomic mass is 9.67. The molecule has 0 amide bonds. The van der Waals surface area contributed by atoms with Crippen molar-refractivity contribution in [3.05, 3.63) is 119 Å². The third-order valence-electron chi connectivity index (χ3n) is 7.00. The number of allylic oxidation sites excluding steroid dienone is 1. The number of fused-ring (bicyclic) bond motifs is 3. The van der Waals surface area contributed by atoms with Crippen LogP contribution in [0.5, 0.6) is 11.5 Å². The van der Waals surface area contributed by atoms with Gasteiger partial charge in [-0.2, -0.15) is 0 Å². The smallest absolute Gasteiger partial charge is 0.428 e. The molecule has 0 unspecified atom stereocenters. The molecular weight excluding hydrogens is 544 g/mol. The van der Waals surface area contributed by atoms with E-state index in [-0.39, 0.29) is 22.9 Å². The summed E-state index contributed by atoms with van der Waals surface area (Å²) in [6.07, 6.45) is -0.417. The van der Waals surface area contributed by atoms with Gasteiger partial charge >= 0.3 is 12.3 Å². The lowest BCUT2D eigenvalue weighted by Gasteiger charge is -2.34. The van der Waals surface area contributed by atoms with Crippen LogP contribution in [0.15, 0.2) is 96.8 Å². The van der Waals surface area contributed by atoms with Crippen LogP contribution in [0.4, 0.5) is 21.0 Å². The van der Waals surface area contributed by atoms with Gasteiger partial charge in [0.25, 0.3) is 0 Å². The Morgan fingerprint density at radius 2 is 1.16 bits per heavy atom. The summed E-state index contributed by atoms with van der Waals surface area (Å²) in [5.74, 6) is 0.358. The average molecular weight is 579 g/mol. The highest BCUT2D eigenvalue weighted by atomic mass is 16.7. The second kappa shape index (κ2) is 11.2. The highest BCUT2D eigenvalue weighted by Crippen LogP contribution is 2.57. The van der Waals surface area contributed by atoms with Crippen LogP contribution in [0.25, 0.3) is 11.1 Å². The highest BCUT2D eigenvalue weighted by Gasteiger charge is 2.46.